The van der Waals surface area contributed by atoms with Crippen LogP contribution < -0.4 is 88.0 Å². The number of para-hydroxylation sites is 11. The number of benzene rings is 17. The van der Waals surface area contributed by atoms with Gasteiger partial charge in [-0.1, -0.05) is 267 Å². The van der Waals surface area contributed by atoms with Crippen molar-refractivity contribution in [2.75, 3.05) is 29.4 Å². The highest BCUT2D eigenvalue weighted by Gasteiger charge is 2.53. The summed E-state index contributed by atoms with van der Waals surface area (Å²) < 4.78 is 15.6. The van der Waals surface area contributed by atoms with E-state index in [1.54, 1.807) is 0 Å². The Hall–Kier alpha value is -14.7. The standard InChI is InChI=1S/C102H67B3N6O2/c1-10-35-68(36-11-1)79-53-34-54-80(69-37-12-2-13-38-69)101(79)111-90-62-77(106(70-39-14-3-15-40-70)71-41-16-4-17-42-71)61-89-97(90)105(81-55-28-31-58-86(81)108(89)74-47-22-7-23-48-74)100-93(111)67-92-99-102(100)113-95-60-33-30-57-83(95)104(99)85-65-84-87(66-88(85)110(92)76-51-26-9-27-52-76)109(75-49-24-8-25-50-75)91-63-78(64-96-98(91)103(84)82-56-29-32-59-94(82)112-96)107(72-43-18-5-19-44-72)73-45-20-6-21-46-73/h1-67H. The van der Waals surface area contributed by atoms with Gasteiger partial charge in [-0.3, -0.25) is 0 Å². The van der Waals surface area contributed by atoms with Crippen LogP contribution in [-0.2, 0) is 0 Å². The van der Waals surface area contributed by atoms with Crippen molar-refractivity contribution in [3.8, 4) is 45.3 Å². The van der Waals surface area contributed by atoms with E-state index in [4.69, 9.17) is 9.47 Å². The fourth-order valence-electron chi connectivity index (χ4n) is 19.1. The van der Waals surface area contributed by atoms with Gasteiger partial charge in [-0.05, 0) is 194 Å². The average Bonchev–Trinajstić information content (AvgIpc) is 0.671. The minimum Gasteiger partial charge on any atom is -0.459 e. The lowest BCUT2D eigenvalue weighted by atomic mass is 9.29. The smallest absolute Gasteiger partial charge is 0.256 e. The molecule has 0 saturated heterocycles. The third-order valence-electron chi connectivity index (χ3n) is 23.6. The Kier molecular flexibility index (Phi) is 14.8. The molecule has 0 spiro atoms. The highest BCUT2D eigenvalue weighted by atomic mass is 16.5. The lowest BCUT2D eigenvalue weighted by Crippen LogP contribution is -2.66. The molecule has 6 aliphatic rings. The first kappa shape index (κ1) is 64.3. The Morgan fingerprint density at radius 1 is 0.204 bits per heavy atom. The number of fused-ring (bicyclic) bond motifs is 13. The summed E-state index contributed by atoms with van der Waals surface area (Å²) in [5, 5.41) is 0. The Morgan fingerprint density at radius 2 is 0.549 bits per heavy atom. The fourth-order valence-corrected chi connectivity index (χ4v) is 19.1. The van der Waals surface area contributed by atoms with Gasteiger partial charge >= 0.3 is 0 Å². The summed E-state index contributed by atoms with van der Waals surface area (Å²) in [6.07, 6.45) is 0. The van der Waals surface area contributed by atoms with Gasteiger partial charge in [-0.25, -0.2) is 0 Å². The predicted octanol–water partition coefficient (Wildman–Crippen LogP) is 20.9. The molecule has 0 amide bonds. The lowest BCUT2D eigenvalue weighted by molar-refractivity contribution is 0.487. The molecule has 8 nitrogen and oxygen atoms in total. The first-order chi connectivity index (χ1) is 56.1. The van der Waals surface area contributed by atoms with Crippen LogP contribution in [0.15, 0.2) is 406 Å². The monoisotopic (exact) mass is 1440 g/mol. The number of anilines is 18. The third kappa shape index (κ3) is 10.1. The molecule has 17 aromatic carbocycles. The van der Waals surface area contributed by atoms with E-state index in [2.05, 4.69) is 436 Å². The summed E-state index contributed by atoms with van der Waals surface area (Å²) >= 11 is 0. The van der Waals surface area contributed by atoms with Crippen molar-refractivity contribution in [2.24, 2.45) is 0 Å². The molecule has 0 fully saturated rings. The number of nitrogens with zero attached hydrogens (tertiary/aromatic N) is 6. The van der Waals surface area contributed by atoms with Crippen LogP contribution in [0.4, 0.5) is 102 Å². The van der Waals surface area contributed by atoms with E-state index in [1.807, 2.05) is 0 Å². The van der Waals surface area contributed by atoms with E-state index >= 15 is 0 Å². The summed E-state index contributed by atoms with van der Waals surface area (Å²) in [5.74, 6) is 3.33. The maximum Gasteiger partial charge on any atom is 0.256 e. The molecule has 0 saturated carbocycles. The second kappa shape index (κ2) is 26.0. The highest BCUT2D eigenvalue weighted by molar-refractivity contribution is 7.04. The molecule has 113 heavy (non-hydrogen) atoms. The number of rotatable bonds is 12. The maximum absolute atomic E-state index is 8.19. The summed E-state index contributed by atoms with van der Waals surface area (Å²) in [4.78, 5) is 15.1. The van der Waals surface area contributed by atoms with Crippen molar-refractivity contribution in [2.45, 2.75) is 0 Å². The van der Waals surface area contributed by atoms with Gasteiger partial charge in [0, 0.05) is 103 Å². The quantitative estimate of drug-likeness (QED) is 0.112. The van der Waals surface area contributed by atoms with Crippen LogP contribution in [0.2, 0.25) is 0 Å². The molecular weight excluding hydrogens is 1370 g/mol. The van der Waals surface area contributed by atoms with Crippen molar-refractivity contribution in [1.29, 1.82) is 0 Å². The zero-order valence-electron chi connectivity index (χ0n) is 61.4. The maximum atomic E-state index is 8.19. The summed E-state index contributed by atoms with van der Waals surface area (Å²) in [6.45, 7) is -0.947. The van der Waals surface area contributed by atoms with Gasteiger partial charge in [0.1, 0.15) is 23.0 Å². The fraction of sp³-hybridized carbons (Fsp3) is 0. The number of ether oxygens (including phenoxy) is 2. The molecule has 6 heterocycles. The van der Waals surface area contributed by atoms with Crippen LogP contribution in [0.1, 0.15) is 0 Å². The van der Waals surface area contributed by atoms with E-state index in [0.29, 0.717) is 0 Å². The van der Waals surface area contributed by atoms with Gasteiger partial charge in [-0.2, -0.15) is 0 Å². The molecule has 0 unspecified atom stereocenters. The van der Waals surface area contributed by atoms with Crippen LogP contribution in [0.5, 0.6) is 23.0 Å². The Morgan fingerprint density at radius 3 is 1.04 bits per heavy atom. The van der Waals surface area contributed by atoms with Crippen LogP contribution in [0.3, 0.4) is 0 Å². The molecule has 0 atom stereocenters. The number of hydrogen-bond acceptors (Lipinski definition) is 8. The van der Waals surface area contributed by atoms with Gasteiger partial charge in [0.15, 0.2) is 0 Å². The zero-order valence-corrected chi connectivity index (χ0v) is 61.4. The van der Waals surface area contributed by atoms with Crippen molar-refractivity contribution in [3.05, 3.63) is 406 Å². The average molecular weight is 1440 g/mol. The summed E-state index contributed by atoms with van der Waals surface area (Å²) in [6, 6.07) is 149. The zero-order chi connectivity index (χ0) is 74.2. The van der Waals surface area contributed by atoms with Gasteiger partial charge in [0.25, 0.3) is 20.1 Å². The van der Waals surface area contributed by atoms with E-state index in [-0.39, 0.29) is 20.1 Å². The Labute approximate surface area is 658 Å². The van der Waals surface area contributed by atoms with Crippen LogP contribution in [0, 0.1) is 0 Å². The SMILES string of the molecule is c1ccc(-c2cccc(-c3ccccc3)c2N2c3cc(N(c4ccccc4)c4ccccc4)cc4c3B(c3ccccc3N4c3ccccc3)c3c2cc2c4c3Oc3ccccc3B4c3cc4c(cc3N2c2ccccc2)N(c2ccccc2)c2cc(N(c3ccccc3)c3ccccc3)cc3c2B4c2ccccc2O3)cc1. The lowest BCUT2D eigenvalue weighted by Gasteiger charge is -2.48. The second-order valence-corrected chi connectivity index (χ2v) is 29.7. The van der Waals surface area contributed by atoms with E-state index in [1.165, 1.54) is 21.9 Å². The molecule has 17 aromatic rings. The molecule has 526 valence electrons. The van der Waals surface area contributed by atoms with Crippen molar-refractivity contribution in [3.63, 3.8) is 0 Å². The largest absolute Gasteiger partial charge is 0.459 e. The molecule has 0 bridgehead atoms. The van der Waals surface area contributed by atoms with E-state index in [0.717, 1.165) is 175 Å². The van der Waals surface area contributed by atoms with Gasteiger partial charge in [0.2, 0.25) is 0 Å². The topological polar surface area (TPSA) is 37.9 Å². The molecule has 0 aliphatic carbocycles. The minimum atomic E-state index is -0.374. The molecule has 0 aromatic heterocycles. The normalized spacial score (nSPS) is 13.2. The molecule has 11 heteroatoms. The molecule has 0 radical (unpaired) electrons. The van der Waals surface area contributed by atoms with Crippen LogP contribution in [0.25, 0.3) is 22.3 Å². The van der Waals surface area contributed by atoms with Crippen molar-refractivity contribution >= 4 is 172 Å². The van der Waals surface area contributed by atoms with E-state index < -0.39 is 0 Å². The predicted molar refractivity (Wildman–Crippen MR) is 472 cm³/mol. The minimum absolute atomic E-state index is 0.242. The van der Waals surface area contributed by atoms with Gasteiger partial charge in [0.05, 0.1) is 17.1 Å². The third-order valence-corrected chi connectivity index (χ3v) is 23.6. The Bertz CT molecular complexity index is 6480. The molecule has 23 rings (SSSR count). The van der Waals surface area contributed by atoms with Crippen LogP contribution >= 0.6 is 0 Å². The van der Waals surface area contributed by atoms with Gasteiger partial charge < -0.3 is 38.9 Å². The molecular formula is C102H67B3N6O2. The molecule has 0 N–H and O–H groups in total. The number of hydrogen-bond donors (Lipinski definition) is 0. The van der Waals surface area contributed by atoms with Crippen molar-refractivity contribution in [1.82, 2.24) is 0 Å². The Balaban J connectivity index is 0.859. The van der Waals surface area contributed by atoms with Crippen LogP contribution in [-0.4, -0.2) is 20.1 Å². The summed E-state index contributed by atoms with van der Waals surface area (Å²) in [7, 11) is 0. The van der Waals surface area contributed by atoms with Crippen molar-refractivity contribution < 1.29 is 9.47 Å². The molecule has 6 aliphatic heterocycles. The second-order valence-electron chi connectivity index (χ2n) is 29.7. The first-order valence-electron chi connectivity index (χ1n) is 38.9. The first-order valence-corrected chi connectivity index (χ1v) is 38.9. The summed E-state index contributed by atoms with van der Waals surface area (Å²) in [5.41, 5.74) is 33.3. The van der Waals surface area contributed by atoms with Gasteiger partial charge in [-0.15, -0.1) is 0 Å². The van der Waals surface area contributed by atoms with E-state index in [9.17, 15) is 0 Å². The highest BCUT2D eigenvalue weighted by Crippen LogP contribution is 2.56.